The van der Waals surface area contributed by atoms with E-state index in [-0.39, 0.29) is 23.6 Å². The molecule has 0 radical (unpaired) electrons. The molecule has 3 aromatic rings. The van der Waals surface area contributed by atoms with E-state index in [0.29, 0.717) is 42.8 Å². The Labute approximate surface area is 179 Å². The number of aliphatic carboxylic acids is 1. The molecule has 9 heteroatoms. The molecule has 0 saturated heterocycles. The third-order valence-electron chi connectivity index (χ3n) is 5.68. The third-order valence-corrected chi connectivity index (χ3v) is 5.68. The summed E-state index contributed by atoms with van der Waals surface area (Å²) < 4.78 is 12.3. The summed E-state index contributed by atoms with van der Waals surface area (Å²) in [7, 11) is 3.15. The van der Waals surface area contributed by atoms with Crippen LogP contribution in [0.15, 0.2) is 36.5 Å². The molecule has 162 valence electrons. The van der Waals surface area contributed by atoms with Crippen molar-refractivity contribution in [3.8, 4) is 22.8 Å². The molecule has 1 aliphatic rings. The lowest BCUT2D eigenvalue weighted by Gasteiger charge is -2.26. The predicted octanol–water partition coefficient (Wildman–Crippen LogP) is 2.79. The number of nitrogens with one attached hydrogen (secondary N) is 1. The normalized spacial score (nSPS) is 18.5. The largest absolute Gasteiger partial charge is 0.493 e. The zero-order valence-electron chi connectivity index (χ0n) is 17.4. The van der Waals surface area contributed by atoms with Crippen LogP contribution in [0.5, 0.6) is 11.5 Å². The smallest absolute Gasteiger partial charge is 0.306 e. The van der Waals surface area contributed by atoms with Crippen LogP contribution >= 0.6 is 0 Å². The van der Waals surface area contributed by atoms with E-state index >= 15 is 0 Å². The minimum Gasteiger partial charge on any atom is -0.493 e. The fraction of sp³-hybridized carbons (Fsp3) is 0.364. The van der Waals surface area contributed by atoms with Gasteiger partial charge in [0.15, 0.2) is 22.8 Å². The van der Waals surface area contributed by atoms with Crippen LogP contribution in [-0.4, -0.2) is 51.8 Å². The van der Waals surface area contributed by atoms with E-state index in [0.717, 1.165) is 11.3 Å². The van der Waals surface area contributed by atoms with Crippen molar-refractivity contribution in [1.29, 1.82) is 0 Å². The summed E-state index contributed by atoms with van der Waals surface area (Å²) in [5, 5.41) is 16.6. The Balaban J connectivity index is 1.57. The predicted molar refractivity (Wildman–Crippen MR) is 112 cm³/mol. The first kappa shape index (κ1) is 20.6. The molecule has 0 atom stereocenters. The van der Waals surface area contributed by atoms with Gasteiger partial charge in [0.05, 0.1) is 25.8 Å². The van der Waals surface area contributed by atoms with E-state index in [4.69, 9.17) is 14.6 Å². The van der Waals surface area contributed by atoms with Crippen LogP contribution in [0.4, 0.5) is 0 Å². The summed E-state index contributed by atoms with van der Waals surface area (Å²) in [5.74, 6) is -0.167. The van der Waals surface area contributed by atoms with Gasteiger partial charge in [-0.05, 0) is 49.9 Å². The number of carbonyl (C=O) groups is 2. The van der Waals surface area contributed by atoms with Crippen LogP contribution in [0.1, 0.15) is 36.2 Å². The van der Waals surface area contributed by atoms with Gasteiger partial charge in [0.25, 0.3) is 5.91 Å². The molecule has 1 amide bonds. The van der Waals surface area contributed by atoms with E-state index in [9.17, 15) is 9.59 Å². The van der Waals surface area contributed by atoms with Gasteiger partial charge in [-0.2, -0.15) is 5.10 Å². The van der Waals surface area contributed by atoms with E-state index in [1.807, 2.05) is 24.3 Å². The molecule has 0 bridgehead atoms. The van der Waals surface area contributed by atoms with Gasteiger partial charge in [-0.15, -0.1) is 0 Å². The molecule has 1 saturated carbocycles. The van der Waals surface area contributed by atoms with Gasteiger partial charge in [-0.25, -0.2) is 9.50 Å². The lowest BCUT2D eigenvalue weighted by Crippen LogP contribution is -2.38. The minimum absolute atomic E-state index is 0.0498. The summed E-state index contributed by atoms with van der Waals surface area (Å²) >= 11 is 0. The molecule has 2 heterocycles. The van der Waals surface area contributed by atoms with Crippen LogP contribution in [0, 0.1) is 5.92 Å². The van der Waals surface area contributed by atoms with Crippen LogP contribution in [-0.2, 0) is 4.79 Å². The summed E-state index contributed by atoms with van der Waals surface area (Å²) in [6.07, 6.45) is 4.08. The Kier molecular flexibility index (Phi) is 5.75. The van der Waals surface area contributed by atoms with Gasteiger partial charge in [-0.1, -0.05) is 0 Å². The SMILES string of the molecule is COc1ccc(-c2ccnc3cc(C(=O)N[C@H]4CC[C@@H](C(=O)O)CC4)nn23)cc1OC. The number of hydrogen-bond donors (Lipinski definition) is 2. The highest BCUT2D eigenvalue weighted by molar-refractivity contribution is 5.93. The number of benzene rings is 1. The second-order valence-corrected chi connectivity index (χ2v) is 7.56. The summed E-state index contributed by atoms with van der Waals surface area (Å²) in [5.41, 5.74) is 2.41. The fourth-order valence-electron chi connectivity index (χ4n) is 3.96. The van der Waals surface area contributed by atoms with Gasteiger partial charge in [-0.3, -0.25) is 9.59 Å². The summed E-state index contributed by atoms with van der Waals surface area (Å²) in [6.45, 7) is 0. The fourth-order valence-corrected chi connectivity index (χ4v) is 3.96. The molecule has 1 aromatic carbocycles. The maximum Gasteiger partial charge on any atom is 0.306 e. The number of ether oxygens (including phenoxy) is 2. The summed E-state index contributed by atoms with van der Waals surface area (Å²) in [6, 6.07) is 8.95. The topological polar surface area (TPSA) is 115 Å². The van der Waals surface area contributed by atoms with Crippen LogP contribution in [0.2, 0.25) is 0 Å². The number of nitrogens with zero attached hydrogens (tertiary/aromatic N) is 3. The van der Waals surface area contributed by atoms with Crippen molar-refractivity contribution >= 4 is 17.5 Å². The molecular weight excluding hydrogens is 400 g/mol. The van der Waals surface area contributed by atoms with Crippen molar-refractivity contribution in [1.82, 2.24) is 19.9 Å². The second-order valence-electron chi connectivity index (χ2n) is 7.56. The molecular formula is C22H24N4O5. The zero-order valence-corrected chi connectivity index (χ0v) is 17.4. The number of hydrogen-bond acceptors (Lipinski definition) is 6. The molecule has 9 nitrogen and oxygen atoms in total. The Morgan fingerprint density at radius 3 is 2.48 bits per heavy atom. The first-order valence-electron chi connectivity index (χ1n) is 10.1. The molecule has 1 fully saturated rings. The molecule has 0 spiro atoms. The lowest BCUT2D eigenvalue weighted by atomic mass is 9.86. The van der Waals surface area contributed by atoms with Gasteiger partial charge >= 0.3 is 5.97 Å². The molecule has 0 unspecified atom stereocenters. The second kappa shape index (κ2) is 8.63. The van der Waals surface area contributed by atoms with E-state index in [2.05, 4.69) is 15.4 Å². The third kappa shape index (κ3) is 4.16. The first-order chi connectivity index (χ1) is 15.0. The molecule has 2 N–H and O–H groups in total. The number of fused-ring (bicyclic) bond motifs is 1. The van der Waals surface area contributed by atoms with Crippen LogP contribution in [0.25, 0.3) is 16.9 Å². The van der Waals surface area contributed by atoms with E-state index in [1.165, 1.54) is 0 Å². The van der Waals surface area contributed by atoms with Crippen molar-refractivity contribution in [3.05, 3.63) is 42.2 Å². The Morgan fingerprint density at radius 1 is 1.06 bits per heavy atom. The van der Waals surface area contributed by atoms with Crippen molar-refractivity contribution in [2.75, 3.05) is 14.2 Å². The zero-order chi connectivity index (χ0) is 22.0. The standard InChI is InChI=1S/C22H24N4O5/c1-30-18-8-5-14(11-19(18)31-2)17-9-10-23-20-12-16(25-26(17)20)21(27)24-15-6-3-13(4-7-15)22(28)29/h5,8-13,15H,3-4,6-7H2,1-2H3,(H,24,27)(H,28,29)/t13-,15+. The molecule has 2 aromatic heterocycles. The molecule has 1 aliphatic carbocycles. The van der Waals surface area contributed by atoms with Gasteiger partial charge < -0.3 is 19.9 Å². The van der Waals surface area contributed by atoms with E-state index in [1.54, 1.807) is 31.0 Å². The average Bonchev–Trinajstić information content (AvgIpc) is 3.23. The van der Waals surface area contributed by atoms with Gasteiger partial charge in [0.2, 0.25) is 0 Å². The Morgan fingerprint density at radius 2 is 1.81 bits per heavy atom. The van der Waals surface area contributed by atoms with Gasteiger partial charge in [0.1, 0.15) is 0 Å². The van der Waals surface area contributed by atoms with Gasteiger partial charge in [0, 0.05) is 23.9 Å². The molecule has 31 heavy (non-hydrogen) atoms. The minimum atomic E-state index is -0.765. The highest BCUT2D eigenvalue weighted by atomic mass is 16.5. The monoisotopic (exact) mass is 424 g/mol. The highest BCUT2D eigenvalue weighted by Gasteiger charge is 2.27. The Hall–Kier alpha value is -3.62. The maximum atomic E-state index is 12.8. The van der Waals surface area contributed by atoms with Crippen molar-refractivity contribution < 1.29 is 24.2 Å². The van der Waals surface area contributed by atoms with Crippen molar-refractivity contribution in [2.24, 2.45) is 5.92 Å². The van der Waals surface area contributed by atoms with Crippen molar-refractivity contribution in [3.63, 3.8) is 0 Å². The molecule has 0 aliphatic heterocycles. The number of aromatic nitrogens is 3. The van der Waals surface area contributed by atoms with Crippen LogP contribution < -0.4 is 14.8 Å². The number of rotatable bonds is 6. The Bertz CT molecular complexity index is 1120. The maximum absolute atomic E-state index is 12.8. The van der Waals surface area contributed by atoms with Crippen molar-refractivity contribution in [2.45, 2.75) is 31.7 Å². The lowest BCUT2D eigenvalue weighted by molar-refractivity contribution is -0.142. The number of methoxy groups -OCH3 is 2. The number of carbonyl (C=O) groups excluding carboxylic acids is 1. The number of amides is 1. The van der Waals surface area contributed by atoms with Crippen LogP contribution in [0.3, 0.4) is 0 Å². The number of carboxylic acid groups (broad SMARTS) is 1. The molecule has 4 rings (SSSR count). The first-order valence-corrected chi connectivity index (χ1v) is 10.1. The quantitative estimate of drug-likeness (QED) is 0.625. The summed E-state index contributed by atoms with van der Waals surface area (Å²) in [4.78, 5) is 28.2. The average molecular weight is 424 g/mol. The number of carboxylic acids is 1. The highest BCUT2D eigenvalue weighted by Crippen LogP contribution is 2.32. The van der Waals surface area contributed by atoms with E-state index < -0.39 is 5.97 Å².